The van der Waals surface area contributed by atoms with Crippen molar-refractivity contribution in [3.8, 4) is 11.4 Å². The second kappa shape index (κ2) is 15.1. The summed E-state index contributed by atoms with van der Waals surface area (Å²) in [4.78, 5) is 23.2. The molecule has 0 N–H and O–H groups in total. The van der Waals surface area contributed by atoms with Crippen molar-refractivity contribution >= 4 is 24.2 Å². The summed E-state index contributed by atoms with van der Waals surface area (Å²) in [5, 5.41) is 0. The molecule has 1 fully saturated rings. The first-order valence-corrected chi connectivity index (χ1v) is 14.3. The highest BCUT2D eigenvalue weighted by Crippen LogP contribution is 2.36. The summed E-state index contributed by atoms with van der Waals surface area (Å²) < 4.78 is 17.9. The van der Waals surface area contributed by atoms with E-state index in [0.29, 0.717) is 25.3 Å². The number of hydrogen-bond acceptors (Lipinski definition) is 6. The van der Waals surface area contributed by atoms with Crippen molar-refractivity contribution < 1.29 is 18.8 Å². The molecule has 2 heterocycles. The fourth-order valence-electron chi connectivity index (χ4n) is 3.62. The van der Waals surface area contributed by atoms with Crippen LogP contribution in [0.25, 0.3) is 17.0 Å². The minimum absolute atomic E-state index is 0.372. The Morgan fingerprint density at radius 1 is 1.05 bits per heavy atom. The molecule has 0 unspecified atom stereocenters. The van der Waals surface area contributed by atoms with Crippen LogP contribution in [0.2, 0.25) is 0 Å². The van der Waals surface area contributed by atoms with Crippen LogP contribution in [0.4, 0.5) is 4.79 Å². The van der Waals surface area contributed by atoms with Crippen LogP contribution >= 0.6 is 0 Å². The number of carbonyl (C=O) groups is 1. The summed E-state index contributed by atoms with van der Waals surface area (Å²) in [6.45, 7) is 30.5. The van der Waals surface area contributed by atoms with Gasteiger partial charge in [-0.3, -0.25) is 0 Å². The van der Waals surface area contributed by atoms with Crippen molar-refractivity contribution in [1.29, 1.82) is 0 Å². The van der Waals surface area contributed by atoms with Gasteiger partial charge in [0.2, 0.25) is 0 Å². The molecule has 1 saturated heterocycles. The van der Waals surface area contributed by atoms with Crippen molar-refractivity contribution in [3.63, 3.8) is 0 Å². The summed E-state index contributed by atoms with van der Waals surface area (Å²) in [5.41, 5.74) is 2.09. The number of ether oxygens (including phenoxy) is 1. The van der Waals surface area contributed by atoms with Crippen molar-refractivity contribution in [3.05, 3.63) is 61.5 Å². The predicted octanol–water partition coefficient (Wildman–Crippen LogP) is 7.32. The zero-order valence-corrected chi connectivity index (χ0v) is 26.6. The first-order valence-electron chi connectivity index (χ1n) is 14.3. The van der Waals surface area contributed by atoms with Crippen LogP contribution < -0.4 is 5.46 Å². The van der Waals surface area contributed by atoms with E-state index in [2.05, 4.69) is 23.1 Å². The van der Waals surface area contributed by atoms with Crippen molar-refractivity contribution in [2.45, 2.75) is 99.4 Å². The fraction of sp³-hybridized carbons (Fsp3) is 0.531. The highest BCUT2D eigenvalue weighted by molar-refractivity contribution is 6.62. The third-order valence-corrected chi connectivity index (χ3v) is 6.42. The molecule has 2 aromatic rings. The van der Waals surface area contributed by atoms with Gasteiger partial charge in [0.15, 0.2) is 5.82 Å². The molecule has 0 radical (unpaired) electrons. The Bertz CT molecular complexity index is 1090. The summed E-state index contributed by atoms with van der Waals surface area (Å²) in [6.07, 6.45) is 5.40. The Labute approximate surface area is 243 Å². The number of hydrogen-bond donors (Lipinski definition) is 0. The molecule has 220 valence electrons. The predicted molar refractivity (Wildman–Crippen MR) is 168 cm³/mol. The molecule has 1 aliphatic rings. The monoisotopic (exact) mass is 551 g/mol. The SMILES string of the molecule is C=CCN(CCC(=C)c1cnc(-c2cccc(B3OC(C)(C)C(C)(C)O3)c2)nc1)C(=O)OC(C)(C)C.CC.CC. The number of aromatic nitrogens is 2. The van der Waals surface area contributed by atoms with E-state index < -0.39 is 23.9 Å². The minimum Gasteiger partial charge on any atom is -0.444 e. The van der Waals surface area contributed by atoms with Gasteiger partial charge in [-0.05, 0) is 65.9 Å². The standard InChI is InChI=1S/C28H38BN3O4.2C2H6/c1-10-15-32(25(33)34-26(3,4)5)16-14-20(2)22-18-30-24(31-19-22)21-12-11-13-23(17-21)29-35-27(6,7)28(8,9)36-29;2*1-2/h10-13,17-19H,1-2,14-16H2,3-9H3;2*1-2H3. The lowest BCUT2D eigenvalue weighted by Crippen LogP contribution is -2.41. The lowest BCUT2D eigenvalue weighted by Gasteiger charge is -2.32. The van der Waals surface area contributed by atoms with Crippen molar-refractivity contribution in [2.75, 3.05) is 13.1 Å². The van der Waals surface area contributed by atoms with Crippen LogP contribution in [0.3, 0.4) is 0 Å². The molecule has 8 heteroatoms. The molecule has 1 amide bonds. The maximum atomic E-state index is 12.5. The molecule has 1 aromatic carbocycles. The molecule has 1 aromatic heterocycles. The number of carbonyl (C=O) groups excluding carboxylic acids is 1. The first-order chi connectivity index (χ1) is 18.7. The van der Waals surface area contributed by atoms with Gasteiger partial charge in [-0.25, -0.2) is 14.8 Å². The molecule has 1 aliphatic heterocycles. The van der Waals surface area contributed by atoms with E-state index in [1.807, 2.05) is 100 Å². The molecule has 7 nitrogen and oxygen atoms in total. The van der Waals surface area contributed by atoms with E-state index in [1.54, 1.807) is 23.4 Å². The lowest BCUT2D eigenvalue weighted by molar-refractivity contribution is 0.00578. The molecule has 0 spiro atoms. The van der Waals surface area contributed by atoms with E-state index in [-0.39, 0.29) is 6.09 Å². The van der Waals surface area contributed by atoms with E-state index in [0.717, 1.165) is 22.2 Å². The third-order valence-electron chi connectivity index (χ3n) is 6.42. The average molecular weight is 552 g/mol. The smallest absolute Gasteiger partial charge is 0.444 e. The Hall–Kier alpha value is -2.97. The summed E-state index contributed by atoms with van der Waals surface area (Å²) >= 11 is 0. The van der Waals surface area contributed by atoms with E-state index in [1.165, 1.54) is 0 Å². The van der Waals surface area contributed by atoms with Gasteiger partial charge in [-0.2, -0.15) is 0 Å². The molecule has 0 atom stereocenters. The van der Waals surface area contributed by atoms with E-state index >= 15 is 0 Å². The molecular formula is C32H50BN3O4. The van der Waals surface area contributed by atoms with Gasteiger partial charge in [0.1, 0.15) is 5.60 Å². The zero-order chi connectivity index (χ0) is 30.7. The number of amides is 1. The Kier molecular flexibility index (Phi) is 13.3. The maximum Gasteiger partial charge on any atom is 0.494 e. The molecule has 0 saturated carbocycles. The Balaban J connectivity index is 0.00000191. The molecule has 0 aliphatic carbocycles. The topological polar surface area (TPSA) is 73.8 Å². The van der Waals surface area contributed by atoms with Gasteiger partial charge in [-0.15, -0.1) is 6.58 Å². The second-order valence-electron chi connectivity index (χ2n) is 11.1. The highest BCUT2D eigenvalue weighted by Gasteiger charge is 2.51. The van der Waals surface area contributed by atoms with Crippen LogP contribution in [0, 0.1) is 0 Å². The summed E-state index contributed by atoms with van der Waals surface area (Å²) in [7, 11) is -0.447. The number of benzene rings is 1. The zero-order valence-electron chi connectivity index (χ0n) is 26.6. The largest absolute Gasteiger partial charge is 0.494 e. The van der Waals surface area contributed by atoms with Gasteiger partial charge in [-0.1, -0.05) is 64.6 Å². The Morgan fingerprint density at radius 2 is 1.60 bits per heavy atom. The van der Waals surface area contributed by atoms with Crippen molar-refractivity contribution in [1.82, 2.24) is 14.9 Å². The highest BCUT2D eigenvalue weighted by atomic mass is 16.7. The number of nitrogens with zero attached hydrogens (tertiary/aromatic N) is 3. The fourth-order valence-corrected chi connectivity index (χ4v) is 3.62. The van der Waals surface area contributed by atoms with Crippen LogP contribution in [0.1, 0.15) is 88.1 Å². The quantitative estimate of drug-likeness (QED) is 0.253. The molecule has 3 rings (SSSR count). The van der Waals surface area contributed by atoms with Gasteiger partial charge in [0.25, 0.3) is 0 Å². The van der Waals surface area contributed by atoms with Crippen molar-refractivity contribution in [2.24, 2.45) is 0 Å². The van der Waals surface area contributed by atoms with Crippen LogP contribution in [0.5, 0.6) is 0 Å². The van der Waals surface area contributed by atoms with E-state index in [9.17, 15) is 4.79 Å². The van der Waals surface area contributed by atoms with Gasteiger partial charge < -0.3 is 18.9 Å². The van der Waals surface area contributed by atoms with Gasteiger partial charge in [0, 0.05) is 36.6 Å². The minimum atomic E-state index is -0.559. The normalized spacial score (nSPS) is 15.1. The maximum absolute atomic E-state index is 12.5. The summed E-state index contributed by atoms with van der Waals surface area (Å²) in [6, 6.07) is 7.91. The first kappa shape index (κ1) is 35.1. The summed E-state index contributed by atoms with van der Waals surface area (Å²) in [5.74, 6) is 0.604. The van der Waals surface area contributed by atoms with Crippen LogP contribution in [-0.4, -0.2) is 58.0 Å². The lowest BCUT2D eigenvalue weighted by atomic mass is 9.78. The van der Waals surface area contributed by atoms with E-state index in [4.69, 9.17) is 14.0 Å². The number of rotatable bonds is 8. The molecule has 0 bridgehead atoms. The van der Waals surface area contributed by atoms with Crippen LogP contribution in [-0.2, 0) is 14.0 Å². The second-order valence-corrected chi connectivity index (χ2v) is 11.1. The molecule has 40 heavy (non-hydrogen) atoms. The van der Waals surface area contributed by atoms with Gasteiger partial charge >= 0.3 is 13.2 Å². The average Bonchev–Trinajstić information content (AvgIpc) is 3.14. The van der Waals surface area contributed by atoms with Gasteiger partial charge in [0.05, 0.1) is 11.2 Å². The third kappa shape index (κ3) is 9.60. The Morgan fingerprint density at radius 3 is 2.10 bits per heavy atom. The van der Waals surface area contributed by atoms with Crippen LogP contribution in [0.15, 0.2) is 55.9 Å². The molecular weight excluding hydrogens is 501 g/mol.